The second kappa shape index (κ2) is 15.0. The number of carbonyl (C=O) groups excluding carboxylic acids is 4. The fourth-order valence-electron chi connectivity index (χ4n) is 3.47. The molecule has 0 spiro atoms. The van der Waals surface area contributed by atoms with Crippen LogP contribution in [0.5, 0.6) is 11.5 Å². The summed E-state index contributed by atoms with van der Waals surface area (Å²) in [4.78, 5) is 48.1. The third-order valence-electron chi connectivity index (χ3n) is 5.42. The highest BCUT2D eigenvalue weighted by Crippen LogP contribution is 2.31. The molecule has 0 saturated heterocycles. The van der Waals surface area contributed by atoms with Gasteiger partial charge in [-0.25, -0.2) is 10.2 Å². The predicted molar refractivity (Wildman–Crippen MR) is 150 cm³/mol. The second-order valence-electron chi connectivity index (χ2n) is 8.64. The van der Waals surface area contributed by atoms with Gasteiger partial charge in [0.15, 0.2) is 18.1 Å². The lowest BCUT2D eigenvalue weighted by Crippen LogP contribution is -2.24. The molecule has 0 aromatic heterocycles. The van der Waals surface area contributed by atoms with Crippen molar-refractivity contribution < 1.29 is 46.6 Å². The van der Waals surface area contributed by atoms with Crippen molar-refractivity contribution in [1.29, 1.82) is 0 Å². The quantitative estimate of drug-likeness (QED) is 0.121. The molecule has 0 bridgehead atoms. The Bertz CT molecular complexity index is 1490. The topological polar surface area (TPSA) is 144 Å². The molecule has 11 nitrogen and oxygen atoms in total. The van der Waals surface area contributed by atoms with E-state index in [-0.39, 0.29) is 30.4 Å². The van der Waals surface area contributed by atoms with Crippen LogP contribution in [0.3, 0.4) is 0 Å². The van der Waals surface area contributed by atoms with Gasteiger partial charge in [-0.2, -0.15) is 18.3 Å². The van der Waals surface area contributed by atoms with Crippen LogP contribution in [-0.2, 0) is 25.3 Å². The highest BCUT2D eigenvalue weighted by atomic mass is 19.4. The van der Waals surface area contributed by atoms with Crippen molar-refractivity contribution in [2.24, 2.45) is 5.10 Å². The minimum Gasteiger partial charge on any atom is -0.493 e. The van der Waals surface area contributed by atoms with Gasteiger partial charge in [0.1, 0.15) is 6.42 Å². The molecule has 3 aromatic rings. The first-order chi connectivity index (χ1) is 20.5. The number of carbonyl (C=O) groups is 4. The van der Waals surface area contributed by atoms with Crippen molar-refractivity contribution in [3.05, 3.63) is 83.4 Å². The average Bonchev–Trinajstić information content (AvgIpc) is 2.96. The van der Waals surface area contributed by atoms with Crippen molar-refractivity contribution in [2.45, 2.75) is 19.5 Å². The second-order valence-corrected chi connectivity index (χ2v) is 8.64. The number of benzene rings is 3. The Kier molecular flexibility index (Phi) is 11.2. The summed E-state index contributed by atoms with van der Waals surface area (Å²) in [7, 11) is 1.39. The summed E-state index contributed by atoms with van der Waals surface area (Å²) < 4.78 is 54.2. The van der Waals surface area contributed by atoms with Crippen molar-refractivity contribution in [3.63, 3.8) is 0 Å². The van der Waals surface area contributed by atoms with Gasteiger partial charge in [-0.05, 0) is 73.2 Å². The molecule has 0 aliphatic carbocycles. The van der Waals surface area contributed by atoms with Gasteiger partial charge in [-0.15, -0.1) is 0 Å². The first-order valence-electron chi connectivity index (χ1n) is 12.7. The molecule has 14 heteroatoms. The number of hydrazone groups is 1. The third-order valence-corrected chi connectivity index (χ3v) is 5.42. The van der Waals surface area contributed by atoms with Crippen molar-refractivity contribution >= 4 is 41.3 Å². The molecule has 43 heavy (non-hydrogen) atoms. The zero-order valence-electron chi connectivity index (χ0n) is 23.0. The summed E-state index contributed by atoms with van der Waals surface area (Å²) in [5.41, 5.74) is 2.39. The van der Waals surface area contributed by atoms with E-state index in [1.165, 1.54) is 43.7 Å². The van der Waals surface area contributed by atoms with E-state index in [2.05, 4.69) is 21.2 Å². The third kappa shape index (κ3) is 10.2. The Morgan fingerprint density at radius 1 is 0.860 bits per heavy atom. The maximum atomic E-state index is 12.8. The van der Waals surface area contributed by atoms with Crippen molar-refractivity contribution in [2.75, 3.05) is 31.0 Å². The van der Waals surface area contributed by atoms with Gasteiger partial charge >= 0.3 is 12.1 Å². The van der Waals surface area contributed by atoms with Gasteiger partial charge in [-0.3, -0.25) is 14.4 Å². The molecule has 226 valence electrons. The van der Waals surface area contributed by atoms with E-state index in [9.17, 15) is 32.3 Å². The minimum atomic E-state index is -4.57. The lowest BCUT2D eigenvalue weighted by atomic mass is 10.2. The minimum absolute atomic E-state index is 0.104. The largest absolute Gasteiger partial charge is 0.493 e. The summed E-state index contributed by atoms with van der Waals surface area (Å²) in [5.74, 6) is -2.03. The number of hydrogen-bond donors (Lipinski definition) is 3. The maximum Gasteiger partial charge on any atom is 0.416 e. The molecule has 0 radical (unpaired) electrons. The van der Waals surface area contributed by atoms with Crippen LogP contribution < -0.4 is 25.5 Å². The number of hydrogen-bond acceptors (Lipinski definition) is 8. The van der Waals surface area contributed by atoms with Crippen LogP contribution in [0.1, 0.15) is 34.8 Å². The van der Waals surface area contributed by atoms with Gasteiger partial charge in [0.2, 0.25) is 11.8 Å². The maximum absolute atomic E-state index is 12.8. The Labute approximate surface area is 244 Å². The van der Waals surface area contributed by atoms with Crippen LogP contribution in [0, 0.1) is 0 Å². The van der Waals surface area contributed by atoms with E-state index >= 15 is 0 Å². The Hall–Kier alpha value is -5.40. The Morgan fingerprint density at radius 3 is 2.26 bits per heavy atom. The van der Waals surface area contributed by atoms with Gasteiger partial charge < -0.3 is 24.8 Å². The molecular weight excluding hydrogens is 573 g/mol. The molecule has 3 N–H and O–H groups in total. The lowest BCUT2D eigenvalue weighted by Gasteiger charge is -2.12. The Morgan fingerprint density at radius 2 is 1.58 bits per heavy atom. The van der Waals surface area contributed by atoms with Crippen LogP contribution in [0.2, 0.25) is 0 Å². The zero-order valence-corrected chi connectivity index (χ0v) is 23.0. The summed E-state index contributed by atoms with van der Waals surface area (Å²) in [6.07, 6.45) is -3.99. The van der Waals surface area contributed by atoms with E-state index in [4.69, 9.17) is 14.2 Å². The van der Waals surface area contributed by atoms with Crippen LogP contribution in [0.15, 0.2) is 71.8 Å². The summed E-state index contributed by atoms with van der Waals surface area (Å²) in [6.45, 7) is 1.61. The number of halogens is 3. The fourth-order valence-corrected chi connectivity index (χ4v) is 3.47. The number of rotatable bonds is 12. The van der Waals surface area contributed by atoms with E-state index in [0.717, 1.165) is 18.2 Å². The normalized spacial score (nSPS) is 11.0. The van der Waals surface area contributed by atoms with E-state index in [0.29, 0.717) is 16.8 Å². The predicted octanol–water partition coefficient (Wildman–Crippen LogP) is 4.39. The zero-order chi connectivity index (χ0) is 31.4. The summed E-state index contributed by atoms with van der Waals surface area (Å²) in [6, 6.07) is 14.8. The van der Waals surface area contributed by atoms with Gasteiger partial charge in [0, 0.05) is 11.4 Å². The smallest absolute Gasteiger partial charge is 0.416 e. The number of nitrogens with one attached hydrogen (secondary N) is 3. The molecule has 0 aliphatic rings. The number of anilines is 2. The number of nitrogens with zero attached hydrogens (tertiary/aromatic N) is 1. The molecule has 0 heterocycles. The number of ether oxygens (including phenoxy) is 3. The van der Waals surface area contributed by atoms with Crippen LogP contribution in [-0.4, -0.2) is 50.2 Å². The molecule has 3 aromatic carbocycles. The van der Waals surface area contributed by atoms with E-state index in [1.54, 1.807) is 25.1 Å². The summed E-state index contributed by atoms with van der Waals surface area (Å²) in [5, 5.41) is 8.63. The van der Waals surface area contributed by atoms with Crippen LogP contribution in [0.25, 0.3) is 0 Å². The molecule has 3 amide bonds. The van der Waals surface area contributed by atoms with Gasteiger partial charge in [0.05, 0.1) is 31.1 Å². The number of alkyl halides is 3. The summed E-state index contributed by atoms with van der Waals surface area (Å²) >= 11 is 0. The highest BCUT2D eigenvalue weighted by Gasteiger charge is 2.30. The van der Waals surface area contributed by atoms with Crippen LogP contribution >= 0.6 is 0 Å². The first kappa shape index (κ1) is 32.1. The molecule has 0 atom stereocenters. The molecule has 3 rings (SSSR count). The van der Waals surface area contributed by atoms with Crippen molar-refractivity contribution in [1.82, 2.24) is 5.43 Å². The van der Waals surface area contributed by atoms with Crippen molar-refractivity contribution in [3.8, 4) is 11.5 Å². The van der Waals surface area contributed by atoms with E-state index < -0.39 is 41.9 Å². The standard InChI is InChI=1S/C29H27F3N4O7/c1-3-42-28(40)19-8-10-21(11-9-19)34-27(39)17-43-23-12-7-18(13-24(23)41-2)16-33-36-26(38)15-25(37)35-22-6-4-5-20(14-22)29(30,31)32/h4-14,16H,3,15,17H2,1-2H3,(H,34,39)(H,35,37)(H,36,38). The molecular formula is C29H27F3N4O7. The molecule has 0 fully saturated rings. The lowest BCUT2D eigenvalue weighted by molar-refractivity contribution is -0.137. The number of methoxy groups -OCH3 is 1. The fraction of sp³-hybridized carbons (Fsp3) is 0.207. The van der Waals surface area contributed by atoms with Crippen LogP contribution in [0.4, 0.5) is 24.5 Å². The first-order valence-corrected chi connectivity index (χ1v) is 12.7. The van der Waals surface area contributed by atoms with Gasteiger partial charge in [-0.1, -0.05) is 6.07 Å². The number of amides is 3. The molecule has 0 saturated carbocycles. The monoisotopic (exact) mass is 600 g/mol. The molecule has 0 unspecified atom stereocenters. The number of esters is 1. The Balaban J connectivity index is 1.47. The highest BCUT2D eigenvalue weighted by molar-refractivity contribution is 6.03. The SMILES string of the molecule is CCOC(=O)c1ccc(NC(=O)COc2ccc(C=NNC(=O)CC(=O)Nc3cccc(C(F)(F)F)c3)cc2OC)cc1. The molecule has 0 aliphatic heterocycles. The average molecular weight is 601 g/mol. The van der Waals surface area contributed by atoms with E-state index in [1.807, 2.05) is 0 Å². The van der Waals surface area contributed by atoms with Gasteiger partial charge in [0.25, 0.3) is 5.91 Å².